The summed E-state index contributed by atoms with van der Waals surface area (Å²) in [5, 5.41) is 3.92. The van der Waals surface area contributed by atoms with E-state index in [9.17, 15) is 4.79 Å². The number of carbonyl (C=O) groups is 1. The monoisotopic (exact) mass is 413 g/mol. The predicted octanol–water partition coefficient (Wildman–Crippen LogP) is 3.38. The molecule has 0 saturated carbocycles. The van der Waals surface area contributed by atoms with Crippen molar-refractivity contribution in [1.82, 2.24) is 15.0 Å². The van der Waals surface area contributed by atoms with Crippen molar-refractivity contribution in [2.45, 2.75) is 27.3 Å². The van der Waals surface area contributed by atoms with Crippen LogP contribution in [0.5, 0.6) is 11.5 Å². The second kappa shape index (κ2) is 10.3. The number of amides is 1. The zero-order chi connectivity index (χ0) is 21.5. The van der Waals surface area contributed by atoms with E-state index in [1.54, 1.807) is 13.2 Å². The predicted molar refractivity (Wildman–Crippen MR) is 115 cm³/mol. The molecule has 2 heterocycles. The van der Waals surface area contributed by atoms with Gasteiger partial charge in [0.2, 0.25) is 5.91 Å². The molecule has 0 N–H and O–H groups in total. The van der Waals surface area contributed by atoms with E-state index in [1.165, 1.54) is 0 Å². The Morgan fingerprint density at radius 2 is 1.97 bits per heavy atom. The molecular weight excluding hydrogens is 382 g/mol. The van der Waals surface area contributed by atoms with Crippen molar-refractivity contribution in [3.63, 3.8) is 0 Å². The minimum atomic E-state index is 0.0178. The first-order valence-electron chi connectivity index (χ1n) is 10.4. The highest BCUT2D eigenvalue weighted by Crippen LogP contribution is 2.29. The molecular formula is C23H31N3O4. The van der Waals surface area contributed by atoms with Gasteiger partial charge in [0.15, 0.2) is 17.3 Å². The van der Waals surface area contributed by atoms with Crippen molar-refractivity contribution in [2.24, 2.45) is 5.92 Å². The summed E-state index contributed by atoms with van der Waals surface area (Å²) in [4.78, 5) is 16.7. The standard InChI is InChI=1S/C23H31N3O4/c1-17(2)16-29-21-7-5-19(14-22(21)28-4)6-8-23(27)26-11-9-25(10-12-26)15-20-13-18(3)24-30-20/h5-8,13-14,17H,9-12,15-16H2,1-4H3/b8-6+. The third-order valence-corrected chi connectivity index (χ3v) is 4.92. The van der Waals surface area contributed by atoms with Crippen LogP contribution in [0, 0.1) is 12.8 Å². The Labute approximate surface area is 178 Å². The van der Waals surface area contributed by atoms with Crippen LogP contribution in [0.1, 0.15) is 30.9 Å². The normalized spacial score (nSPS) is 15.2. The zero-order valence-corrected chi connectivity index (χ0v) is 18.3. The molecule has 0 unspecified atom stereocenters. The molecule has 1 aliphatic rings. The number of methoxy groups -OCH3 is 1. The molecule has 0 bridgehead atoms. The number of aromatic nitrogens is 1. The van der Waals surface area contributed by atoms with Crippen molar-refractivity contribution >= 4 is 12.0 Å². The van der Waals surface area contributed by atoms with Crippen molar-refractivity contribution < 1.29 is 18.8 Å². The van der Waals surface area contributed by atoms with Gasteiger partial charge in [-0.05, 0) is 36.6 Å². The molecule has 1 amide bonds. The highest BCUT2D eigenvalue weighted by Gasteiger charge is 2.20. The summed E-state index contributed by atoms with van der Waals surface area (Å²) in [6.07, 6.45) is 3.44. The van der Waals surface area contributed by atoms with Gasteiger partial charge < -0.3 is 18.9 Å². The fourth-order valence-electron chi connectivity index (χ4n) is 3.27. The third-order valence-electron chi connectivity index (χ3n) is 4.92. The third kappa shape index (κ3) is 6.10. The zero-order valence-electron chi connectivity index (χ0n) is 18.3. The Morgan fingerprint density at radius 1 is 1.20 bits per heavy atom. The maximum atomic E-state index is 12.6. The van der Waals surface area contributed by atoms with E-state index in [-0.39, 0.29) is 5.91 Å². The number of nitrogens with zero attached hydrogens (tertiary/aromatic N) is 3. The van der Waals surface area contributed by atoms with Crippen LogP contribution in [0.25, 0.3) is 6.08 Å². The van der Waals surface area contributed by atoms with Gasteiger partial charge in [0, 0.05) is 38.3 Å². The molecule has 0 atom stereocenters. The lowest BCUT2D eigenvalue weighted by atomic mass is 10.1. The summed E-state index contributed by atoms with van der Waals surface area (Å²) in [6, 6.07) is 7.65. The highest BCUT2D eigenvalue weighted by atomic mass is 16.5. The first kappa shape index (κ1) is 21.9. The fraction of sp³-hybridized carbons (Fsp3) is 0.478. The molecule has 1 aliphatic heterocycles. The highest BCUT2D eigenvalue weighted by molar-refractivity contribution is 5.92. The first-order valence-corrected chi connectivity index (χ1v) is 10.4. The fourth-order valence-corrected chi connectivity index (χ4v) is 3.27. The van der Waals surface area contributed by atoms with Gasteiger partial charge in [-0.2, -0.15) is 0 Å². The van der Waals surface area contributed by atoms with Gasteiger partial charge in [0.05, 0.1) is 26.0 Å². The van der Waals surface area contributed by atoms with E-state index in [0.29, 0.717) is 37.1 Å². The van der Waals surface area contributed by atoms with Gasteiger partial charge in [0.25, 0.3) is 0 Å². The Bertz CT molecular complexity index is 867. The Hall–Kier alpha value is -2.80. The number of benzene rings is 1. The summed E-state index contributed by atoms with van der Waals surface area (Å²) >= 11 is 0. The minimum Gasteiger partial charge on any atom is -0.493 e. The second-order valence-corrected chi connectivity index (χ2v) is 7.98. The maximum absolute atomic E-state index is 12.6. The van der Waals surface area contributed by atoms with Gasteiger partial charge in [-0.1, -0.05) is 25.1 Å². The van der Waals surface area contributed by atoms with Crippen LogP contribution in [0.15, 0.2) is 34.9 Å². The number of hydrogen-bond acceptors (Lipinski definition) is 6. The molecule has 162 valence electrons. The van der Waals surface area contributed by atoms with Crippen molar-refractivity contribution in [1.29, 1.82) is 0 Å². The quantitative estimate of drug-likeness (QED) is 0.618. The summed E-state index contributed by atoms with van der Waals surface area (Å²) < 4.78 is 16.5. The van der Waals surface area contributed by atoms with Gasteiger partial charge in [-0.15, -0.1) is 0 Å². The molecule has 1 fully saturated rings. The number of ether oxygens (including phenoxy) is 2. The molecule has 7 nitrogen and oxygen atoms in total. The van der Waals surface area contributed by atoms with E-state index in [1.807, 2.05) is 42.2 Å². The summed E-state index contributed by atoms with van der Waals surface area (Å²) in [5.74, 6) is 2.70. The molecule has 30 heavy (non-hydrogen) atoms. The van der Waals surface area contributed by atoms with Crippen LogP contribution >= 0.6 is 0 Å². The van der Waals surface area contributed by atoms with E-state index < -0.39 is 0 Å². The van der Waals surface area contributed by atoms with E-state index in [2.05, 4.69) is 23.9 Å². The number of hydrogen-bond donors (Lipinski definition) is 0. The van der Waals surface area contributed by atoms with Crippen molar-refractivity contribution in [2.75, 3.05) is 39.9 Å². The largest absolute Gasteiger partial charge is 0.493 e. The second-order valence-electron chi connectivity index (χ2n) is 7.98. The molecule has 0 aliphatic carbocycles. The lowest BCUT2D eigenvalue weighted by molar-refractivity contribution is -0.127. The molecule has 7 heteroatoms. The topological polar surface area (TPSA) is 68.0 Å². The lowest BCUT2D eigenvalue weighted by Crippen LogP contribution is -2.47. The molecule has 1 saturated heterocycles. The molecule has 1 aromatic carbocycles. The van der Waals surface area contributed by atoms with Crippen LogP contribution in [0.3, 0.4) is 0 Å². The summed E-state index contributed by atoms with van der Waals surface area (Å²) in [6.45, 7) is 10.5. The van der Waals surface area contributed by atoms with Crippen LogP contribution in [0.4, 0.5) is 0 Å². The van der Waals surface area contributed by atoms with Crippen LogP contribution < -0.4 is 9.47 Å². The average molecular weight is 414 g/mol. The number of carbonyl (C=O) groups excluding carboxylic acids is 1. The van der Waals surface area contributed by atoms with Gasteiger partial charge in [-0.3, -0.25) is 9.69 Å². The lowest BCUT2D eigenvalue weighted by Gasteiger charge is -2.33. The maximum Gasteiger partial charge on any atom is 0.246 e. The first-order chi connectivity index (χ1) is 14.4. The minimum absolute atomic E-state index is 0.0178. The SMILES string of the molecule is COc1cc(/C=C/C(=O)N2CCN(Cc3cc(C)no3)CC2)ccc1OCC(C)C. The summed E-state index contributed by atoms with van der Waals surface area (Å²) in [7, 11) is 1.62. The Kier molecular flexibility index (Phi) is 7.52. The van der Waals surface area contributed by atoms with E-state index in [4.69, 9.17) is 14.0 Å². The number of rotatable bonds is 8. The van der Waals surface area contributed by atoms with Crippen molar-refractivity contribution in [3.8, 4) is 11.5 Å². The smallest absolute Gasteiger partial charge is 0.246 e. The van der Waals surface area contributed by atoms with Gasteiger partial charge >= 0.3 is 0 Å². The van der Waals surface area contributed by atoms with E-state index in [0.717, 1.165) is 36.7 Å². The molecule has 2 aromatic rings. The summed E-state index contributed by atoms with van der Waals surface area (Å²) in [5.41, 5.74) is 1.79. The van der Waals surface area contributed by atoms with Crippen LogP contribution in [0.2, 0.25) is 0 Å². The number of piperazine rings is 1. The number of aryl methyl sites for hydroxylation is 1. The molecule has 0 spiro atoms. The van der Waals surface area contributed by atoms with Crippen molar-refractivity contribution in [3.05, 3.63) is 47.4 Å². The van der Waals surface area contributed by atoms with Gasteiger partial charge in [-0.25, -0.2) is 0 Å². The van der Waals surface area contributed by atoms with Crippen LogP contribution in [-0.2, 0) is 11.3 Å². The Morgan fingerprint density at radius 3 is 2.60 bits per heavy atom. The molecule has 0 radical (unpaired) electrons. The molecule has 1 aromatic heterocycles. The van der Waals surface area contributed by atoms with E-state index >= 15 is 0 Å². The van der Waals surface area contributed by atoms with Crippen LogP contribution in [-0.4, -0.2) is 60.8 Å². The van der Waals surface area contributed by atoms with Gasteiger partial charge in [0.1, 0.15) is 0 Å². The molecule has 3 rings (SSSR count). The Balaban J connectivity index is 1.52. The average Bonchev–Trinajstić information content (AvgIpc) is 3.15.